The number of nitrogens with zero attached hydrogens (tertiary/aromatic N) is 3. The summed E-state index contributed by atoms with van der Waals surface area (Å²) in [5.74, 6) is -0.279. The van der Waals surface area contributed by atoms with E-state index in [1.165, 1.54) is 76.8 Å². The molecule has 6 nitrogen and oxygen atoms in total. The fourth-order valence-electron chi connectivity index (χ4n) is 5.68. The Morgan fingerprint density at radius 1 is 0.897 bits per heavy atom. The van der Waals surface area contributed by atoms with E-state index in [9.17, 15) is 4.39 Å². The highest BCUT2D eigenvalue weighted by Crippen LogP contribution is 2.38. The lowest BCUT2D eigenvalue weighted by atomic mass is 10.1. The van der Waals surface area contributed by atoms with E-state index in [1.807, 2.05) is 0 Å². The van der Waals surface area contributed by atoms with E-state index >= 15 is 0 Å². The SMILES string of the molecule is CCCCN(CCCC)CCCNc1ccc2nc3c(oc4ccc(F)cc43)c(NCCN3CCCC3)c2c1. The number of furan rings is 1. The number of hydrogen-bond donors (Lipinski definition) is 2. The van der Waals surface area contributed by atoms with Crippen LogP contribution in [0.1, 0.15) is 58.8 Å². The van der Waals surface area contributed by atoms with Crippen molar-refractivity contribution in [2.45, 2.75) is 58.8 Å². The molecule has 0 bridgehead atoms. The van der Waals surface area contributed by atoms with Gasteiger partial charge in [0.2, 0.25) is 0 Å². The summed E-state index contributed by atoms with van der Waals surface area (Å²) in [4.78, 5) is 10.0. The highest BCUT2D eigenvalue weighted by molar-refractivity contribution is 6.14. The Balaban J connectivity index is 1.36. The lowest BCUT2D eigenvalue weighted by Crippen LogP contribution is -2.28. The molecule has 4 aromatic rings. The number of fused-ring (bicyclic) bond motifs is 4. The van der Waals surface area contributed by atoms with Crippen LogP contribution in [0.4, 0.5) is 15.8 Å². The molecular weight excluding hydrogens is 489 g/mol. The molecule has 7 heteroatoms. The molecule has 1 saturated heterocycles. The topological polar surface area (TPSA) is 56.6 Å². The molecule has 5 rings (SSSR count). The molecule has 0 atom stereocenters. The Labute approximate surface area is 231 Å². The summed E-state index contributed by atoms with van der Waals surface area (Å²) in [6, 6.07) is 11.0. The lowest BCUT2D eigenvalue weighted by molar-refractivity contribution is 0.264. The van der Waals surface area contributed by atoms with Crippen LogP contribution in [0.5, 0.6) is 0 Å². The number of anilines is 2. The summed E-state index contributed by atoms with van der Waals surface area (Å²) in [5, 5.41) is 9.07. The second-order valence-electron chi connectivity index (χ2n) is 10.9. The molecule has 0 unspecified atom stereocenters. The fourth-order valence-corrected chi connectivity index (χ4v) is 5.68. The Hall–Kier alpha value is -2.90. The van der Waals surface area contributed by atoms with Crippen molar-refractivity contribution in [3.63, 3.8) is 0 Å². The van der Waals surface area contributed by atoms with Crippen LogP contribution in [0.3, 0.4) is 0 Å². The quantitative estimate of drug-likeness (QED) is 0.154. The summed E-state index contributed by atoms with van der Waals surface area (Å²) in [5.41, 5.74) is 4.98. The Morgan fingerprint density at radius 3 is 2.44 bits per heavy atom. The number of unbranched alkanes of at least 4 members (excludes halogenated alkanes) is 2. The molecular formula is C32H44FN5O. The summed E-state index contributed by atoms with van der Waals surface area (Å²) >= 11 is 0. The van der Waals surface area contributed by atoms with Gasteiger partial charge in [-0.3, -0.25) is 0 Å². The van der Waals surface area contributed by atoms with Gasteiger partial charge in [-0.05, 0) is 101 Å². The molecule has 1 fully saturated rings. The maximum atomic E-state index is 14.1. The highest BCUT2D eigenvalue weighted by atomic mass is 19.1. The number of pyridine rings is 1. The molecule has 0 amide bonds. The van der Waals surface area contributed by atoms with Crippen molar-refractivity contribution in [1.29, 1.82) is 0 Å². The molecule has 39 heavy (non-hydrogen) atoms. The van der Waals surface area contributed by atoms with E-state index in [0.29, 0.717) is 22.1 Å². The molecule has 0 spiro atoms. The van der Waals surface area contributed by atoms with Crippen LogP contribution in [-0.4, -0.2) is 67.1 Å². The van der Waals surface area contributed by atoms with Gasteiger partial charge in [-0.15, -0.1) is 0 Å². The van der Waals surface area contributed by atoms with Crippen LogP contribution in [0.2, 0.25) is 0 Å². The van der Waals surface area contributed by atoms with Gasteiger partial charge < -0.3 is 24.9 Å². The first-order valence-corrected chi connectivity index (χ1v) is 15.0. The van der Waals surface area contributed by atoms with Gasteiger partial charge in [-0.1, -0.05) is 26.7 Å². The molecule has 1 aliphatic heterocycles. The molecule has 2 aromatic carbocycles. The molecule has 2 N–H and O–H groups in total. The normalized spacial score (nSPS) is 14.4. The minimum absolute atomic E-state index is 0.279. The Bertz CT molecular complexity index is 1360. The molecule has 0 radical (unpaired) electrons. The fraction of sp³-hybridized carbons (Fsp3) is 0.531. The van der Waals surface area contributed by atoms with Gasteiger partial charge in [-0.25, -0.2) is 9.37 Å². The van der Waals surface area contributed by atoms with Crippen LogP contribution >= 0.6 is 0 Å². The second kappa shape index (κ2) is 13.4. The summed E-state index contributed by atoms with van der Waals surface area (Å²) in [7, 11) is 0. The minimum Gasteiger partial charge on any atom is -0.452 e. The van der Waals surface area contributed by atoms with Gasteiger partial charge in [0, 0.05) is 36.1 Å². The molecule has 0 saturated carbocycles. The van der Waals surface area contributed by atoms with E-state index in [1.54, 1.807) is 6.07 Å². The van der Waals surface area contributed by atoms with Gasteiger partial charge in [0.25, 0.3) is 0 Å². The Morgan fingerprint density at radius 2 is 1.67 bits per heavy atom. The summed E-state index contributed by atoms with van der Waals surface area (Å²) < 4.78 is 20.4. The standard InChI is InChI=1S/C32H44FN5O/c1-3-5-16-37(17-6-4-2)20-9-14-34-25-11-12-28-26(23-25)30(35-15-21-38-18-7-8-19-38)32-31(36-28)27-22-24(33)10-13-29(27)39-32/h10-13,22-23,34H,3-9,14-21H2,1-2H3,(H,35,36). The number of benzene rings is 2. The van der Waals surface area contributed by atoms with Crippen molar-refractivity contribution in [3.05, 3.63) is 42.2 Å². The third-order valence-corrected chi connectivity index (χ3v) is 7.91. The highest BCUT2D eigenvalue weighted by Gasteiger charge is 2.18. The molecule has 1 aliphatic rings. The molecule has 2 aromatic heterocycles. The van der Waals surface area contributed by atoms with Gasteiger partial charge in [-0.2, -0.15) is 0 Å². The maximum absolute atomic E-state index is 14.1. The molecule has 210 valence electrons. The van der Waals surface area contributed by atoms with Gasteiger partial charge in [0.1, 0.15) is 16.9 Å². The largest absolute Gasteiger partial charge is 0.452 e. The first-order chi connectivity index (χ1) is 19.2. The third-order valence-electron chi connectivity index (χ3n) is 7.91. The smallest absolute Gasteiger partial charge is 0.177 e. The monoisotopic (exact) mass is 533 g/mol. The van der Waals surface area contributed by atoms with Crippen LogP contribution < -0.4 is 10.6 Å². The van der Waals surface area contributed by atoms with Crippen LogP contribution in [0.15, 0.2) is 40.8 Å². The van der Waals surface area contributed by atoms with Crippen LogP contribution in [0.25, 0.3) is 33.0 Å². The number of rotatable bonds is 15. The van der Waals surface area contributed by atoms with Crippen LogP contribution in [-0.2, 0) is 0 Å². The van der Waals surface area contributed by atoms with E-state index in [0.717, 1.165) is 54.9 Å². The average Bonchev–Trinajstić information content (AvgIpc) is 3.59. The van der Waals surface area contributed by atoms with E-state index in [-0.39, 0.29) is 5.82 Å². The van der Waals surface area contributed by atoms with Crippen molar-refractivity contribution in [3.8, 4) is 0 Å². The van der Waals surface area contributed by atoms with E-state index in [4.69, 9.17) is 9.40 Å². The summed E-state index contributed by atoms with van der Waals surface area (Å²) in [6.45, 7) is 13.1. The van der Waals surface area contributed by atoms with Crippen molar-refractivity contribution in [2.75, 3.05) is 63.0 Å². The zero-order valence-corrected chi connectivity index (χ0v) is 23.7. The average molecular weight is 534 g/mol. The molecule has 0 aliphatic carbocycles. The Kier molecular flexibility index (Phi) is 9.53. The predicted molar refractivity (Wildman–Crippen MR) is 163 cm³/mol. The lowest BCUT2D eigenvalue weighted by Gasteiger charge is -2.22. The number of aromatic nitrogens is 1. The second-order valence-corrected chi connectivity index (χ2v) is 10.9. The predicted octanol–water partition coefficient (Wildman–Crippen LogP) is 7.49. The maximum Gasteiger partial charge on any atom is 0.177 e. The van der Waals surface area contributed by atoms with Crippen LogP contribution in [0, 0.1) is 5.82 Å². The van der Waals surface area contributed by atoms with Gasteiger partial charge in [0.05, 0.1) is 11.2 Å². The first kappa shape index (κ1) is 27.7. The van der Waals surface area contributed by atoms with Gasteiger partial charge in [0.15, 0.2) is 5.58 Å². The third kappa shape index (κ3) is 6.82. The zero-order chi connectivity index (χ0) is 27.0. The minimum atomic E-state index is -0.279. The zero-order valence-electron chi connectivity index (χ0n) is 23.7. The number of halogens is 1. The van der Waals surface area contributed by atoms with Crippen molar-refractivity contribution in [1.82, 2.24) is 14.8 Å². The number of hydrogen-bond acceptors (Lipinski definition) is 6. The van der Waals surface area contributed by atoms with Crippen molar-refractivity contribution < 1.29 is 8.81 Å². The van der Waals surface area contributed by atoms with Gasteiger partial charge >= 0.3 is 0 Å². The molecule has 3 heterocycles. The number of nitrogens with one attached hydrogen (secondary N) is 2. The van der Waals surface area contributed by atoms with E-state index < -0.39 is 0 Å². The van der Waals surface area contributed by atoms with Crippen molar-refractivity contribution >= 4 is 44.3 Å². The first-order valence-electron chi connectivity index (χ1n) is 15.0. The number of likely N-dealkylation sites (tertiary alicyclic amines) is 1. The van der Waals surface area contributed by atoms with E-state index in [2.05, 4.69) is 52.5 Å². The van der Waals surface area contributed by atoms with Crippen molar-refractivity contribution in [2.24, 2.45) is 0 Å². The summed E-state index contributed by atoms with van der Waals surface area (Å²) in [6.07, 6.45) is 8.69.